The van der Waals surface area contributed by atoms with Crippen molar-refractivity contribution in [1.29, 1.82) is 0 Å². The van der Waals surface area contributed by atoms with Crippen molar-refractivity contribution in [2.45, 2.75) is 31.9 Å². The summed E-state index contributed by atoms with van der Waals surface area (Å²) in [6.07, 6.45) is 0. The number of ether oxygens (including phenoxy) is 1. The number of carbonyl (C=O) groups is 3. The second-order valence-corrected chi connectivity index (χ2v) is 11.0. The van der Waals surface area contributed by atoms with Gasteiger partial charge in [0.2, 0.25) is 11.7 Å². The molecule has 2 atom stereocenters. The van der Waals surface area contributed by atoms with Gasteiger partial charge < -0.3 is 21.1 Å². The Bertz CT molecular complexity index is 1000. The van der Waals surface area contributed by atoms with E-state index in [4.69, 9.17) is 10.5 Å². The van der Waals surface area contributed by atoms with E-state index in [9.17, 15) is 31.6 Å². The number of halogens is 2. The molecular formula is C22H32F2N4O6S. The van der Waals surface area contributed by atoms with Gasteiger partial charge in [-0.25, -0.2) is 8.42 Å². The average molecular weight is 519 g/mol. The van der Waals surface area contributed by atoms with Crippen molar-refractivity contribution in [3.05, 3.63) is 29.8 Å². The third-order valence-electron chi connectivity index (χ3n) is 5.75. The lowest BCUT2D eigenvalue weighted by Gasteiger charge is -2.28. The predicted molar refractivity (Wildman–Crippen MR) is 125 cm³/mol. The van der Waals surface area contributed by atoms with Crippen molar-refractivity contribution < 1.29 is 36.3 Å². The third-order valence-corrected chi connectivity index (χ3v) is 7.36. The molecule has 1 aromatic carbocycles. The molecule has 1 aliphatic rings. The second-order valence-electron chi connectivity index (χ2n) is 8.67. The highest BCUT2D eigenvalue weighted by Crippen LogP contribution is 2.22. The lowest BCUT2D eigenvalue weighted by molar-refractivity contribution is -0.161. The predicted octanol–water partition coefficient (Wildman–Crippen LogP) is -0.113. The number of sulfone groups is 1. The molecule has 1 aromatic rings. The number of rotatable bonds is 11. The second kappa shape index (κ2) is 11.9. The first-order valence-electron chi connectivity index (χ1n) is 11.1. The molecule has 0 spiro atoms. The highest BCUT2D eigenvalue weighted by molar-refractivity contribution is 7.91. The minimum absolute atomic E-state index is 0.0377. The van der Waals surface area contributed by atoms with E-state index in [2.05, 4.69) is 5.32 Å². The van der Waals surface area contributed by atoms with E-state index in [-0.39, 0.29) is 37.7 Å². The van der Waals surface area contributed by atoms with E-state index in [1.165, 1.54) is 33.1 Å². The van der Waals surface area contributed by atoms with Crippen LogP contribution in [0.25, 0.3) is 0 Å². The number of amides is 2. The maximum atomic E-state index is 14.7. The van der Waals surface area contributed by atoms with Gasteiger partial charge in [-0.1, -0.05) is 26.0 Å². The van der Waals surface area contributed by atoms with Crippen LogP contribution < -0.4 is 21.1 Å². The van der Waals surface area contributed by atoms with Gasteiger partial charge in [0, 0.05) is 26.2 Å². The number of alkyl halides is 2. The molecule has 0 radical (unpaired) electrons. The molecule has 1 saturated heterocycles. The number of benzene rings is 1. The van der Waals surface area contributed by atoms with Gasteiger partial charge in [0.05, 0.1) is 24.7 Å². The first kappa shape index (κ1) is 28.6. The van der Waals surface area contributed by atoms with Crippen LogP contribution in [0.5, 0.6) is 5.75 Å². The molecule has 0 saturated carbocycles. The molecule has 10 nitrogen and oxygen atoms in total. The molecule has 2 amide bonds. The zero-order valence-corrected chi connectivity index (χ0v) is 20.7. The molecule has 1 fully saturated rings. The number of nitrogens with zero attached hydrogens (tertiary/aromatic N) is 1. The van der Waals surface area contributed by atoms with E-state index in [0.717, 1.165) is 0 Å². The fourth-order valence-corrected chi connectivity index (χ4v) is 4.74. The largest absolute Gasteiger partial charge is 0.497 e. The maximum Gasteiger partial charge on any atom is 0.383 e. The summed E-state index contributed by atoms with van der Waals surface area (Å²) in [5, 5.41) is 4.28. The number of nitrogens with two attached hydrogens (primary N) is 1. The Hall–Kier alpha value is -2.64. The first-order chi connectivity index (χ1) is 16.3. The van der Waals surface area contributed by atoms with E-state index in [0.29, 0.717) is 11.3 Å². The molecule has 4 N–H and O–H groups in total. The summed E-state index contributed by atoms with van der Waals surface area (Å²) in [5.74, 6) is -9.06. The van der Waals surface area contributed by atoms with Gasteiger partial charge in [-0.05, 0) is 23.6 Å². The van der Waals surface area contributed by atoms with Gasteiger partial charge >= 0.3 is 5.92 Å². The summed E-state index contributed by atoms with van der Waals surface area (Å²) < 4.78 is 57.3. The van der Waals surface area contributed by atoms with Crippen molar-refractivity contribution in [2.75, 3.05) is 44.8 Å². The lowest BCUT2D eigenvalue weighted by Crippen LogP contribution is -2.57. The lowest BCUT2D eigenvalue weighted by atomic mass is 9.94. The highest BCUT2D eigenvalue weighted by Gasteiger charge is 2.51. The number of carbonyl (C=O) groups excluding carboxylic acids is 3. The van der Waals surface area contributed by atoms with Gasteiger partial charge in [-0.15, -0.1) is 0 Å². The number of hydrogen-bond donors (Lipinski definition) is 3. The Morgan fingerprint density at radius 3 is 2.23 bits per heavy atom. The summed E-state index contributed by atoms with van der Waals surface area (Å²) in [4.78, 5) is 39.1. The van der Waals surface area contributed by atoms with E-state index in [1.54, 1.807) is 17.0 Å². The molecule has 196 valence electrons. The summed E-state index contributed by atoms with van der Waals surface area (Å²) in [6.45, 7) is 3.36. The van der Waals surface area contributed by atoms with Crippen molar-refractivity contribution in [2.24, 2.45) is 11.7 Å². The van der Waals surface area contributed by atoms with E-state index >= 15 is 0 Å². The normalized spacial score (nSPS) is 17.9. The maximum absolute atomic E-state index is 14.7. The fraction of sp³-hybridized carbons (Fsp3) is 0.591. The smallest absolute Gasteiger partial charge is 0.383 e. The van der Waals surface area contributed by atoms with Crippen LogP contribution >= 0.6 is 0 Å². The quantitative estimate of drug-likeness (QED) is 0.344. The molecule has 0 unspecified atom stereocenters. The fourth-order valence-electron chi connectivity index (χ4n) is 3.46. The van der Waals surface area contributed by atoms with Crippen molar-refractivity contribution >= 4 is 27.4 Å². The summed E-state index contributed by atoms with van der Waals surface area (Å²) >= 11 is 0. The molecule has 13 heteroatoms. The Labute approximate surface area is 203 Å². The first-order valence-corrected chi connectivity index (χ1v) is 12.9. The Kier molecular flexibility index (Phi) is 9.69. The van der Waals surface area contributed by atoms with Crippen LogP contribution in [0.4, 0.5) is 8.78 Å². The van der Waals surface area contributed by atoms with Gasteiger partial charge in [0.1, 0.15) is 11.8 Å². The van der Waals surface area contributed by atoms with Crippen molar-refractivity contribution in [1.82, 2.24) is 15.5 Å². The van der Waals surface area contributed by atoms with Crippen LogP contribution in [-0.4, -0.2) is 87.7 Å². The summed E-state index contributed by atoms with van der Waals surface area (Å²) in [6, 6.07) is 3.35. The van der Waals surface area contributed by atoms with Crippen molar-refractivity contribution in [3.8, 4) is 5.75 Å². The number of nitrogens with one attached hydrogen (secondary N) is 2. The van der Waals surface area contributed by atoms with Gasteiger partial charge in [-0.3, -0.25) is 19.3 Å². The number of ketones is 1. The van der Waals surface area contributed by atoms with E-state index in [1.807, 2.05) is 5.32 Å². The molecule has 1 aliphatic heterocycles. The Balaban J connectivity index is 1.97. The molecular weight excluding hydrogens is 486 g/mol. The minimum atomic E-state index is -4.39. The summed E-state index contributed by atoms with van der Waals surface area (Å²) in [7, 11) is -1.62. The third kappa shape index (κ3) is 7.67. The zero-order valence-electron chi connectivity index (χ0n) is 19.9. The monoisotopic (exact) mass is 518 g/mol. The zero-order chi connectivity index (χ0) is 26.4. The van der Waals surface area contributed by atoms with E-state index < -0.39 is 51.4 Å². The SMILES string of the molecule is COc1ccc([C@H](N)C(=O)N[C@H](C(=O)C(F)(F)C(=O)NCCN2CCS(=O)(=O)CC2)C(C)C)cc1. The standard InChI is InChI=1S/C22H32F2N4O6S/c1-14(2)18(27-20(30)17(25)15-4-6-16(34-3)7-5-15)19(29)22(23,24)21(31)26-8-9-28-10-12-35(32,33)13-11-28/h4-7,14,17-18H,8-13,25H2,1-3H3,(H,26,31)(H,27,30)/t17-,18-/m0/s1. The Morgan fingerprint density at radius 2 is 1.71 bits per heavy atom. The highest BCUT2D eigenvalue weighted by atomic mass is 32.2. The number of methoxy groups -OCH3 is 1. The molecule has 0 aliphatic carbocycles. The summed E-state index contributed by atoms with van der Waals surface area (Å²) in [5.41, 5.74) is 6.31. The van der Waals surface area contributed by atoms with Crippen LogP contribution in [0.1, 0.15) is 25.5 Å². The van der Waals surface area contributed by atoms with Crippen LogP contribution in [0.15, 0.2) is 24.3 Å². The van der Waals surface area contributed by atoms with Gasteiger partial charge in [0.25, 0.3) is 5.91 Å². The van der Waals surface area contributed by atoms with Gasteiger partial charge in [-0.2, -0.15) is 8.78 Å². The molecule has 1 heterocycles. The van der Waals surface area contributed by atoms with Crippen LogP contribution in [0, 0.1) is 5.92 Å². The van der Waals surface area contributed by atoms with Crippen LogP contribution in [0.3, 0.4) is 0 Å². The molecule has 35 heavy (non-hydrogen) atoms. The van der Waals surface area contributed by atoms with Crippen molar-refractivity contribution in [3.63, 3.8) is 0 Å². The number of Topliss-reactive ketones (excluding diaryl/α,β-unsaturated/α-hetero) is 1. The van der Waals surface area contributed by atoms with Crippen LogP contribution in [0.2, 0.25) is 0 Å². The average Bonchev–Trinajstić information content (AvgIpc) is 2.82. The molecule has 0 bridgehead atoms. The Morgan fingerprint density at radius 1 is 1.14 bits per heavy atom. The molecule has 0 aromatic heterocycles. The van der Waals surface area contributed by atoms with Crippen LogP contribution in [-0.2, 0) is 24.2 Å². The number of hydrogen-bond acceptors (Lipinski definition) is 8. The molecule has 2 rings (SSSR count). The minimum Gasteiger partial charge on any atom is -0.497 e. The topological polar surface area (TPSA) is 148 Å². The van der Waals surface area contributed by atoms with Gasteiger partial charge in [0.15, 0.2) is 9.84 Å².